The lowest BCUT2D eigenvalue weighted by Crippen LogP contribution is -2.45. The molecular weight excluding hydrogens is 288 g/mol. The summed E-state index contributed by atoms with van der Waals surface area (Å²) >= 11 is 0. The van der Waals surface area contributed by atoms with E-state index in [0.717, 1.165) is 19.3 Å². The van der Waals surface area contributed by atoms with Crippen molar-refractivity contribution in [3.8, 4) is 0 Å². The lowest BCUT2D eigenvalue weighted by molar-refractivity contribution is -0.158. The zero-order valence-corrected chi connectivity index (χ0v) is 13.1. The highest BCUT2D eigenvalue weighted by atomic mass is 16.4. The number of Topliss-reactive ketones (excluding diaryl/α,β-unsaturated/α-hetero) is 1. The van der Waals surface area contributed by atoms with Crippen molar-refractivity contribution in [3.05, 3.63) is 12.2 Å². The monoisotopic (exact) mass is 314 g/mol. The van der Waals surface area contributed by atoms with Crippen LogP contribution in [-0.2, 0) is 9.59 Å². The van der Waals surface area contributed by atoms with Gasteiger partial charge in [-0.25, -0.2) is 0 Å². The van der Waals surface area contributed by atoms with Crippen molar-refractivity contribution in [2.24, 2.45) is 17.3 Å². The normalized spacial score (nSPS) is 31.6. The van der Waals surface area contributed by atoms with Crippen molar-refractivity contribution in [1.82, 2.24) is 0 Å². The van der Waals surface area contributed by atoms with E-state index in [1.807, 2.05) is 6.92 Å². The van der Waals surface area contributed by atoms with Gasteiger partial charge in [-0.05, 0) is 12.3 Å². The maximum Gasteiger partial charge on any atom is 0.320 e. The Labute approximate surface area is 130 Å². The van der Waals surface area contributed by atoms with Crippen molar-refractivity contribution in [1.29, 1.82) is 0 Å². The molecule has 0 aromatic heterocycles. The Hall–Kier alpha value is -1.24. The van der Waals surface area contributed by atoms with Gasteiger partial charge in [0, 0.05) is 12.3 Å². The average Bonchev–Trinajstić information content (AvgIpc) is 2.72. The highest BCUT2D eigenvalue weighted by Gasteiger charge is 2.58. The fourth-order valence-corrected chi connectivity index (χ4v) is 2.95. The number of hydrogen-bond acceptors (Lipinski definition) is 5. The molecule has 0 saturated heterocycles. The fourth-order valence-electron chi connectivity index (χ4n) is 2.95. The van der Waals surface area contributed by atoms with E-state index < -0.39 is 41.9 Å². The molecule has 126 valence electrons. The molecule has 0 aromatic carbocycles. The Morgan fingerprint density at radius 1 is 1.50 bits per heavy atom. The van der Waals surface area contributed by atoms with Crippen LogP contribution in [-0.4, -0.2) is 51.0 Å². The third-order valence-corrected chi connectivity index (χ3v) is 4.62. The van der Waals surface area contributed by atoms with Crippen LogP contribution in [0, 0.1) is 17.3 Å². The molecule has 6 heteroatoms. The van der Waals surface area contributed by atoms with Crippen molar-refractivity contribution < 1.29 is 30.0 Å². The van der Waals surface area contributed by atoms with Crippen LogP contribution in [0.3, 0.4) is 0 Å². The molecule has 0 spiro atoms. The maximum absolute atomic E-state index is 11.9. The fraction of sp³-hybridized carbons (Fsp3) is 0.750. The van der Waals surface area contributed by atoms with Gasteiger partial charge < -0.3 is 20.4 Å². The van der Waals surface area contributed by atoms with E-state index in [0.29, 0.717) is 0 Å². The molecule has 0 amide bonds. The Balaban J connectivity index is 2.91. The van der Waals surface area contributed by atoms with Crippen molar-refractivity contribution >= 4 is 11.8 Å². The molecule has 0 bridgehead atoms. The Kier molecular flexibility index (Phi) is 6.71. The Morgan fingerprint density at radius 2 is 2.14 bits per heavy atom. The minimum atomic E-state index is -2.01. The van der Waals surface area contributed by atoms with Gasteiger partial charge in [0.25, 0.3) is 0 Å². The van der Waals surface area contributed by atoms with Gasteiger partial charge in [0.05, 0.1) is 18.8 Å². The van der Waals surface area contributed by atoms with Crippen molar-refractivity contribution in [3.63, 3.8) is 0 Å². The van der Waals surface area contributed by atoms with E-state index in [-0.39, 0.29) is 12.3 Å². The number of aliphatic hydroxyl groups is 3. The largest absolute Gasteiger partial charge is 0.480 e. The molecule has 0 heterocycles. The molecule has 0 aliphatic heterocycles. The summed E-state index contributed by atoms with van der Waals surface area (Å²) in [7, 11) is 0. The highest BCUT2D eigenvalue weighted by Crippen LogP contribution is 2.42. The molecule has 6 nitrogen and oxygen atoms in total. The van der Waals surface area contributed by atoms with Gasteiger partial charge in [-0.1, -0.05) is 38.8 Å². The molecular formula is C16H26O6. The van der Waals surface area contributed by atoms with E-state index in [1.165, 1.54) is 12.2 Å². The minimum Gasteiger partial charge on any atom is -0.480 e. The number of rotatable bonds is 8. The molecule has 4 N–H and O–H groups in total. The van der Waals surface area contributed by atoms with E-state index in [9.17, 15) is 30.0 Å². The van der Waals surface area contributed by atoms with Crippen LogP contribution in [0.4, 0.5) is 0 Å². The summed E-state index contributed by atoms with van der Waals surface area (Å²) in [5.41, 5.74) is -2.01. The number of aliphatic carboxylic acids is 1. The first-order chi connectivity index (χ1) is 10.3. The summed E-state index contributed by atoms with van der Waals surface area (Å²) in [4.78, 5) is 23.4. The van der Waals surface area contributed by atoms with Gasteiger partial charge >= 0.3 is 5.97 Å². The summed E-state index contributed by atoms with van der Waals surface area (Å²) in [6, 6.07) is 0. The summed E-state index contributed by atoms with van der Waals surface area (Å²) in [5, 5.41) is 38.8. The van der Waals surface area contributed by atoms with Crippen LogP contribution < -0.4 is 0 Å². The summed E-state index contributed by atoms with van der Waals surface area (Å²) in [5.74, 6) is -3.16. The first-order valence-corrected chi connectivity index (χ1v) is 7.73. The minimum absolute atomic E-state index is 0.00111. The van der Waals surface area contributed by atoms with Crippen LogP contribution in [0.2, 0.25) is 0 Å². The second-order valence-corrected chi connectivity index (χ2v) is 6.15. The van der Waals surface area contributed by atoms with Crippen LogP contribution >= 0.6 is 0 Å². The average molecular weight is 314 g/mol. The second kappa shape index (κ2) is 7.85. The summed E-state index contributed by atoms with van der Waals surface area (Å²) < 4.78 is 0. The maximum atomic E-state index is 11.9. The van der Waals surface area contributed by atoms with E-state index in [2.05, 4.69) is 6.92 Å². The number of aliphatic hydroxyl groups excluding tert-OH is 3. The second-order valence-electron chi connectivity index (χ2n) is 6.15. The molecule has 1 fully saturated rings. The number of carbonyl (C=O) groups excluding carboxylic acids is 1. The van der Waals surface area contributed by atoms with Gasteiger partial charge in [-0.15, -0.1) is 0 Å². The standard InChI is InChI=1S/C16H26O6/c1-3-4-5-10(2)12(18)7-6-11-13(19)8-14(20)16(11,9-17)15(21)22/h6-7,10-13,17-19H,3-5,8-9H2,1-2H3,(H,21,22)/b7-6+/t10?,11-,12+,13+,16?/m0/s1. The van der Waals surface area contributed by atoms with Crippen LogP contribution in [0.1, 0.15) is 39.5 Å². The molecule has 0 aromatic rings. The lowest BCUT2D eigenvalue weighted by atomic mass is 9.76. The number of carbonyl (C=O) groups is 2. The molecule has 2 unspecified atom stereocenters. The number of hydrogen-bond donors (Lipinski definition) is 4. The topological polar surface area (TPSA) is 115 Å². The van der Waals surface area contributed by atoms with E-state index in [1.54, 1.807) is 0 Å². The molecule has 5 atom stereocenters. The number of carboxylic acid groups (broad SMARTS) is 1. The summed E-state index contributed by atoms with van der Waals surface area (Å²) in [6.07, 6.45) is 3.38. The quantitative estimate of drug-likeness (QED) is 0.388. The highest BCUT2D eigenvalue weighted by molar-refractivity contribution is 6.06. The zero-order chi connectivity index (χ0) is 16.9. The predicted octanol–water partition coefficient (Wildman–Crippen LogP) is 0.743. The lowest BCUT2D eigenvalue weighted by Gasteiger charge is -2.27. The van der Waals surface area contributed by atoms with Crippen molar-refractivity contribution in [2.45, 2.75) is 51.7 Å². The molecule has 22 heavy (non-hydrogen) atoms. The first-order valence-electron chi connectivity index (χ1n) is 7.73. The number of ketones is 1. The predicted molar refractivity (Wildman–Crippen MR) is 80.1 cm³/mol. The first kappa shape index (κ1) is 18.8. The van der Waals surface area contributed by atoms with Crippen LogP contribution in [0.15, 0.2) is 12.2 Å². The van der Waals surface area contributed by atoms with Crippen molar-refractivity contribution in [2.75, 3.05) is 6.61 Å². The molecule has 1 aliphatic rings. The smallest absolute Gasteiger partial charge is 0.320 e. The molecule has 1 saturated carbocycles. The Bertz CT molecular complexity index is 432. The molecule has 1 rings (SSSR count). The van der Waals surface area contributed by atoms with Crippen LogP contribution in [0.5, 0.6) is 0 Å². The van der Waals surface area contributed by atoms with Gasteiger partial charge in [0.2, 0.25) is 0 Å². The van der Waals surface area contributed by atoms with E-state index in [4.69, 9.17) is 0 Å². The van der Waals surface area contributed by atoms with E-state index >= 15 is 0 Å². The van der Waals surface area contributed by atoms with Crippen LogP contribution in [0.25, 0.3) is 0 Å². The third-order valence-electron chi connectivity index (χ3n) is 4.62. The number of carboxylic acids is 1. The van der Waals surface area contributed by atoms with Gasteiger partial charge in [0.15, 0.2) is 11.2 Å². The summed E-state index contributed by atoms with van der Waals surface area (Å²) in [6.45, 7) is 3.07. The molecule has 1 aliphatic carbocycles. The van der Waals surface area contributed by atoms with Gasteiger partial charge in [-0.3, -0.25) is 9.59 Å². The SMILES string of the molecule is CCCCC(C)[C@H](O)/C=C/[C@H]1[C@H](O)CC(=O)C1(CO)C(=O)O. The molecule has 0 radical (unpaired) electrons. The third kappa shape index (κ3) is 3.56. The van der Waals surface area contributed by atoms with Gasteiger partial charge in [-0.2, -0.15) is 0 Å². The zero-order valence-electron chi connectivity index (χ0n) is 13.1. The number of unbranched alkanes of at least 4 members (excludes halogenated alkanes) is 1. The van der Waals surface area contributed by atoms with Gasteiger partial charge in [0.1, 0.15) is 0 Å². The Morgan fingerprint density at radius 3 is 2.64 bits per heavy atom.